The Bertz CT molecular complexity index is 570. The number of benzene rings is 1. The number of hydrogen-bond donors (Lipinski definition) is 1. The van der Waals surface area contributed by atoms with Crippen LogP contribution >= 0.6 is 0 Å². The number of piperidine rings is 1. The molecule has 1 amide bonds. The number of nitro benzene ring substituents is 1. The zero-order valence-corrected chi connectivity index (χ0v) is 13.3. The Hall–Kier alpha value is -2.51. The van der Waals surface area contributed by atoms with Crippen molar-refractivity contribution >= 4 is 17.5 Å². The molecule has 126 valence electrons. The summed E-state index contributed by atoms with van der Waals surface area (Å²) in [6.45, 7) is 3.25. The van der Waals surface area contributed by atoms with Gasteiger partial charge in [0, 0.05) is 31.3 Å². The number of methoxy groups -OCH3 is 1. The molecule has 1 aromatic carbocycles. The molecule has 8 heteroatoms. The Morgan fingerprint density at radius 1 is 1.43 bits per heavy atom. The maximum Gasteiger partial charge on any atom is 0.409 e. The fourth-order valence-corrected chi connectivity index (χ4v) is 2.56. The lowest BCUT2D eigenvalue weighted by atomic mass is 10.0. The highest BCUT2D eigenvalue weighted by molar-refractivity contribution is 5.68. The van der Waals surface area contributed by atoms with E-state index in [1.54, 1.807) is 24.0 Å². The summed E-state index contributed by atoms with van der Waals surface area (Å²) in [7, 11) is 1.52. The molecule has 0 aliphatic carbocycles. The number of nitrogens with one attached hydrogen (secondary N) is 1. The number of hydrogen-bond acceptors (Lipinski definition) is 6. The van der Waals surface area contributed by atoms with Crippen molar-refractivity contribution in [2.45, 2.75) is 25.8 Å². The molecule has 1 aliphatic heterocycles. The van der Waals surface area contributed by atoms with Crippen LogP contribution in [0.1, 0.15) is 19.8 Å². The second kappa shape index (κ2) is 7.66. The van der Waals surface area contributed by atoms with Gasteiger partial charge >= 0.3 is 6.09 Å². The van der Waals surface area contributed by atoms with Gasteiger partial charge in [-0.25, -0.2) is 4.79 Å². The molecule has 2 rings (SSSR count). The highest BCUT2D eigenvalue weighted by atomic mass is 16.6. The summed E-state index contributed by atoms with van der Waals surface area (Å²) in [5.41, 5.74) is 0.447. The average Bonchev–Trinajstić information content (AvgIpc) is 2.55. The first-order valence-electron chi connectivity index (χ1n) is 7.55. The van der Waals surface area contributed by atoms with E-state index in [1.165, 1.54) is 13.2 Å². The number of anilines is 1. The summed E-state index contributed by atoms with van der Waals surface area (Å²) in [6, 6.07) is 4.67. The Kier molecular flexibility index (Phi) is 5.61. The fourth-order valence-electron chi connectivity index (χ4n) is 2.56. The maximum absolute atomic E-state index is 11.7. The average molecular weight is 323 g/mol. The third-order valence-corrected chi connectivity index (χ3v) is 3.78. The molecule has 1 aliphatic rings. The number of nitrogens with zero attached hydrogens (tertiary/aromatic N) is 2. The van der Waals surface area contributed by atoms with Crippen molar-refractivity contribution in [1.29, 1.82) is 0 Å². The fraction of sp³-hybridized carbons (Fsp3) is 0.533. The van der Waals surface area contributed by atoms with Crippen molar-refractivity contribution in [3.8, 4) is 5.75 Å². The number of ether oxygens (including phenoxy) is 2. The van der Waals surface area contributed by atoms with Crippen molar-refractivity contribution in [2.75, 3.05) is 32.1 Å². The largest absolute Gasteiger partial charge is 0.497 e. The van der Waals surface area contributed by atoms with Gasteiger partial charge in [-0.15, -0.1) is 0 Å². The zero-order chi connectivity index (χ0) is 16.8. The molecule has 1 saturated heterocycles. The van der Waals surface area contributed by atoms with Gasteiger partial charge in [0.25, 0.3) is 5.69 Å². The summed E-state index contributed by atoms with van der Waals surface area (Å²) >= 11 is 0. The van der Waals surface area contributed by atoms with Gasteiger partial charge in [0.2, 0.25) is 0 Å². The number of carbonyl (C=O) groups excluding carboxylic acids is 1. The van der Waals surface area contributed by atoms with E-state index >= 15 is 0 Å². The molecule has 0 unspecified atom stereocenters. The summed E-state index contributed by atoms with van der Waals surface area (Å²) in [6.07, 6.45) is 1.10. The van der Waals surface area contributed by atoms with E-state index < -0.39 is 4.92 Å². The Morgan fingerprint density at radius 3 is 2.70 bits per heavy atom. The molecule has 1 fully saturated rings. The van der Waals surface area contributed by atoms with Crippen LogP contribution in [-0.2, 0) is 4.74 Å². The van der Waals surface area contributed by atoms with Crippen LogP contribution in [0.5, 0.6) is 5.75 Å². The van der Waals surface area contributed by atoms with E-state index in [0.29, 0.717) is 44.0 Å². The van der Waals surface area contributed by atoms with Gasteiger partial charge in [0.15, 0.2) is 0 Å². The second-order valence-electron chi connectivity index (χ2n) is 5.24. The second-order valence-corrected chi connectivity index (χ2v) is 5.24. The van der Waals surface area contributed by atoms with Crippen molar-refractivity contribution in [2.24, 2.45) is 0 Å². The van der Waals surface area contributed by atoms with E-state index in [4.69, 9.17) is 9.47 Å². The minimum Gasteiger partial charge on any atom is -0.497 e. The van der Waals surface area contributed by atoms with Crippen LogP contribution < -0.4 is 10.1 Å². The van der Waals surface area contributed by atoms with E-state index in [0.717, 1.165) is 0 Å². The molecule has 0 spiro atoms. The van der Waals surface area contributed by atoms with Gasteiger partial charge in [-0.2, -0.15) is 0 Å². The summed E-state index contributed by atoms with van der Waals surface area (Å²) in [5.74, 6) is 0.557. The lowest BCUT2D eigenvalue weighted by molar-refractivity contribution is -0.384. The molecule has 1 aromatic rings. The lowest BCUT2D eigenvalue weighted by Gasteiger charge is -2.32. The highest BCUT2D eigenvalue weighted by Gasteiger charge is 2.25. The summed E-state index contributed by atoms with van der Waals surface area (Å²) in [4.78, 5) is 24.0. The quantitative estimate of drug-likeness (QED) is 0.661. The van der Waals surface area contributed by atoms with Gasteiger partial charge in [-0.05, 0) is 25.8 Å². The minimum absolute atomic E-state index is 0.0126. The molecular weight excluding hydrogens is 302 g/mol. The standard InChI is InChI=1S/C15H21N3O5/c1-3-23-15(19)17-8-6-11(7-9-17)16-13-10-12(22-2)4-5-14(13)18(20)21/h4-5,10-11,16H,3,6-9H2,1-2H3. The molecule has 1 N–H and O–H groups in total. The summed E-state index contributed by atoms with van der Waals surface area (Å²) in [5, 5.41) is 14.3. The molecule has 0 bridgehead atoms. The first-order valence-corrected chi connectivity index (χ1v) is 7.55. The predicted octanol–water partition coefficient (Wildman–Crippen LogP) is 2.64. The van der Waals surface area contributed by atoms with Crippen LogP contribution in [-0.4, -0.2) is 48.8 Å². The van der Waals surface area contributed by atoms with Crippen LogP contribution in [0.4, 0.5) is 16.2 Å². The molecule has 0 saturated carbocycles. The number of likely N-dealkylation sites (tertiary alicyclic amines) is 1. The molecular formula is C15H21N3O5. The van der Waals surface area contributed by atoms with Gasteiger partial charge in [-0.1, -0.05) is 0 Å². The van der Waals surface area contributed by atoms with Crippen LogP contribution in [0.25, 0.3) is 0 Å². The lowest BCUT2D eigenvalue weighted by Crippen LogP contribution is -2.42. The molecule has 8 nitrogen and oxygen atoms in total. The third kappa shape index (κ3) is 4.24. The number of nitro groups is 1. The first kappa shape index (κ1) is 16.9. The SMILES string of the molecule is CCOC(=O)N1CCC(Nc2cc(OC)ccc2[N+](=O)[O-])CC1. The number of carbonyl (C=O) groups is 1. The van der Waals surface area contributed by atoms with Crippen molar-refractivity contribution < 1.29 is 19.2 Å². The van der Waals surface area contributed by atoms with E-state index in [2.05, 4.69) is 5.32 Å². The third-order valence-electron chi connectivity index (χ3n) is 3.78. The molecule has 0 radical (unpaired) electrons. The highest BCUT2D eigenvalue weighted by Crippen LogP contribution is 2.30. The van der Waals surface area contributed by atoms with Gasteiger partial charge in [0.1, 0.15) is 11.4 Å². The zero-order valence-electron chi connectivity index (χ0n) is 13.3. The van der Waals surface area contributed by atoms with E-state index in [1.807, 2.05) is 0 Å². The minimum atomic E-state index is -0.421. The van der Waals surface area contributed by atoms with E-state index in [9.17, 15) is 14.9 Å². The van der Waals surface area contributed by atoms with Crippen molar-refractivity contribution in [3.63, 3.8) is 0 Å². The Labute approximate surface area is 134 Å². The molecule has 0 atom stereocenters. The first-order chi connectivity index (χ1) is 11.0. The number of rotatable bonds is 5. The van der Waals surface area contributed by atoms with Crippen LogP contribution in [0, 0.1) is 10.1 Å². The normalized spacial score (nSPS) is 15.1. The van der Waals surface area contributed by atoms with Crippen molar-refractivity contribution in [1.82, 2.24) is 4.90 Å². The van der Waals surface area contributed by atoms with E-state index in [-0.39, 0.29) is 17.8 Å². The summed E-state index contributed by atoms with van der Waals surface area (Å²) < 4.78 is 10.1. The van der Waals surface area contributed by atoms with Gasteiger partial charge < -0.3 is 19.7 Å². The predicted molar refractivity (Wildman–Crippen MR) is 84.9 cm³/mol. The monoisotopic (exact) mass is 323 g/mol. The molecule has 1 heterocycles. The van der Waals surface area contributed by atoms with Crippen LogP contribution in [0.2, 0.25) is 0 Å². The molecule has 23 heavy (non-hydrogen) atoms. The Balaban J connectivity index is 2.01. The maximum atomic E-state index is 11.7. The number of amides is 1. The molecule has 0 aromatic heterocycles. The van der Waals surface area contributed by atoms with Crippen LogP contribution in [0.3, 0.4) is 0 Å². The smallest absolute Gasteiger partial charge is 0.409 e. The van der Waals surface area contributed by atoms with Gasteiger partial charge in [-0.3, -0.25) is 10.1 Å². The van der Waals surface area contributed by atoms with Gasteiger partial charge in [0.05, 0.1) is 18.6 Å². The van der Waals surface area contributed by atoms with Crippen LogP contribution in [0.15, 0.2) is 18.2 Å². The topological polar surface area (TPSA) is 93.9 Å². The Morgan fingerprint density at radius 2 is 2.13 bits per heavy atom. The van der Waals surface area contributed by atoms with Crippen molar-refractivity contribution in [3.05, 3.63) is 28.3 Å².